The molecule has 0 aliphatic heterocycles. The molecule has 0 fully saturated rings. The molecule has 0 N–H and O–H groups in total. The maximum atomic E-state index is 11.7. The fraction of sp³-hybridized carbons (Fsp3) is 0.300. The Bertz CT molecular complexity index is 436. The van der Waals surface area contributed by atoms with Gasteiger partial charge in [-0.25, -0.2) is 8.42 Å². The number of rotatable bonds is 4. The summed E-state index contributed by atoms with van der Waals surface area (Å²) in [6.45, 7) is 1.57. The third kappa shape index (κ3) is 3.32. The molecule has 0 aromatic heterocycles. The summed E-state index contributed by atoms with van der Waals surface area (Å²) in [5, 5.41) is 0.484. The Hall–Kier alpha value is -0.870. The van der Waals surface area contributed by atoms with Crippen molar-refractivity contribution >= 4 is 27.7 Å². The van der Waals surface area contributed by atoms with E-state index in [0.29, 0.717) is 11.3 Å². The van der Waals surface area contributed by atoms with E-state index in [2.05, 4.69) is 0 Å². The van der Waals surface area contributed by atoms with Crippen molar-refractivity contribution in [3.63, 3.8) is 0 Å². The highest BCUT2D eigenvalue weighted by Gasteiger charge is 2.17. The molecule has 1 aromatic rings. The molecule has 0 saturated heterocycles. The molecule has 0 heterocycles. The molecule has 0 saturated carbocycles. The highest BCUT2D eigenvalue weighted by Crippen LogP contribution is 2.16. The second-order valence-corrected chi connectivity index (χ2v) is 5.82. The van der Waals surface area contributed by atoms with Crippen LogP contribution in [0.25, 0.3) is 0 Å². The van der Waals surface area contributed by atoms with Crippen LogP contribution in [0.15, 0.2) is 29.2 Å². The highest BCUT2D eigenvalue weighted by molar-refractivity contribution is 7.91. The highest BCUT2D eigenvalue weighted by atomic mass is 35.5. The van der Waals surface area contributed by atoms with Crippen LogP contribution in [0.3, 0.4) is 0 Å². The molecule has 5 heteroatoms. The van der Waals surface area contributed by atoms with Crippen molar-refractivity contribution in [2.24, 2.45) is 5.92 Å². The molecule has 1 atom stereocenters. The van der Waals surface area contributed by atoms with Gasteiger partial charge in [0.1, 0.15) is 6.29 Å². The summed E-state index contributed by atoms with van der Waals surface area (Å²) in [7, 11) is -3.38. The van der Waals surface area contributed by atoms with E-state index in [1.165, 1.54) is 24.3 Å². The Morgan fingerprint density at radius 3 is 2.33 bits per heavy atom. The van der Waals surface area contributed by atoms with Crippen LogP contribution in [0.4, 0.5) is 0 Å². The first kappa shape index (κ1) is 12.2. The van der Waals surface area contributed by atoms with Crippen LogP contribution in [0.5, 0.6) is 0 Å². The minimum absolute atomic E-state index is 0.169. The van der Waals surface area contributed by atoms with Crippen molar-refractivity contribution < 1.29 is 13.2 Å². The lowest BCUT2D eigenvalue weighted by atomic mass is 10.3. The van der Waals surface area contributed by atoms with E-state index in [0.717, 1.165) is 0 Å². The molecule has 0 amide bonds. The third-order valence-electron chi connectivity index (χ3n) is 1.89. The van der Waals surface area contributed by atoms with E-state index < -0.39 is 15.8 Å². The smallest absolute Gasteiger partial charge is 0.179 e. The monoisotopic (exact) mass is 246 g/mol. The lowest BCUT2D eigenvalue weighted by molar-refractivity contribution is -0.110. The molecule has 0 radical (unpaired) electrons. The van der Waals surface area contributed by atoms with Gasteiger partial charge < -0.3 is 4.79 Å². The van der Waals surface area contributed by atoms with Gasteiger partial charge in [0.25, 0.3) is 0 Å². The molecule has 82 valence electrons. The standard InChI is InChI=1S/C10H11ClO3S/c1-8(6-12)7-15(13,14)10-4-2-9(11)3-5-10/h2-6,8H,7H2,1H3. The van der Waals surface area contributed by atoms with Crippen molar-refractivity contribution in [1.29, 1.82) is 0 Å². The number of carbonyl (C=O) groups excluding carboxylic acids is 1. The second kappa shape index (κ2) is 4.77. The van der Waals surface area contributed by atoms with Gasteiger partial charge in [0.05, 0.1) is 10.6 Å². The summed E-state index contributed by atoms with van der Waals surface area (Å²) >= 11 is 5.64. The zero-order valence-corrected chi connectivity index (χ0v) is 9.75. The predicted octanol–water partition coefficient (Wildman–Crippen LogP) is 1.95. The van der Waals surface area contributed by atoms with Crippen LogP contribution in [-0.4, -0.2) is 20.5 Å². The average molecular weight is 247 g/mol. The van der Waals surface area contributed by atoms with Gasteiger partial charge >= 0.3 is 0 Å². The fourth-order valence-electron chi connectivity index (χ4n) is 1.12. The van der Waals surface area contributed by atoms with E-state index >= 15 is 0 Å². The Kier molecular flexibility index (Phi) is 3.88. The Morgan fingerprint density at radius 1 is 1.33 bits per heavy atom. The fourth-order valence-corrected chi connectivity index (χ4v) is 2.76. The maximum Gasteiger partial charge on any atom is 0.179 e. The van der Waals surface area contributed by atoms with E-state index in [9.17, 15) is 13.2 Å². The normalized spacial score (nSPS) is 13.5. The summed E-state index contributed by atoms with van der Waals surface area (Å²) in [6.07, 6.45) is 0.632. The molecule has 0 spiro atoms. The van der Waals surface area contributed by atoms with E-state index in [1.807, 2.05) is 0 Å². The number of hydrogen-bond donors (Lipinski definition) is 0. The van der Waals surface area contributed by atoms with Crippen molar-refractivity contribution in [2.75, 3.05) is 5.75 Å². The molecule has 0 aliphatic carbocycles. The zero-order valence-electron chi connectivity index (χ0n) is 8.18. The first-order valence-corrected chi connectivity index (χ1v) is 6.42. The quantitative estimate of drug-likeness (QED) is 0.763. The Morgan fingerprint density at radius 2 is 1.87 bits per heavy atom. The second-order valence-electron chi connectivity index (χ2n) is 3.35. The van der Waals surface area contributed by atoms with Crippen molar-refractivity contribution in [3.05, 3.63) is 29.3 Å². The van der Waals surface area contributed by atoms with Gasteiger partial charge in [-0.05, 0) is 24.3 Å². The Labute approximate surface area is 94.0 Å². The van der Waals surface area contributed by atoms with Crippen LogP contribution >= 0.6 is 11.6 Å². The lowest BCUT2D eigenvalue weighted by Gasteiger charge is -2.05. The number of hydrogen-bond acceptors (Lipinski definition) is 3. The van der Waals surface area contributed by atoms with Gasteiger partial charge in [-0.3, -0.25) is 0 Å². The minimum Gasteiger partial charge on any atom is -0.303 e. The van der Waals surface area contributed by atoms with Crippen LogP contribution in [0, 0.1) is 5.92 Å². The first-order chi connectivity index (χ1) is 6.95. The van der Waals surface area contributed by atoms with Crippen LogP contribution < -0.4 is 0 Å². The largest absolute Gasteiger partial charge is 0.303 e. The number of halogens is 1. The molecular weight excluding hydrogens is 236 g/mol. The molecule has 0 bridgehead atoms. The predicted molar refractivity (Wildman–Crippen MR) is 58.7 cm³/mol. The molecule has 0 aliphatic rings. The summed E-state index contributed by atoms with van der Waals surface area (Å²) in [5.41, 5.74) is 0. The van der Waals surface area contributed by atoms with Gasteiger partial charge in [-0.1, -0.05) is 18.5 Å². The van der Waals surface area contributed by atoms with E-state index in [1.54, 1.807) is 6.92 Å². The van der Waals surface area contributed by atoms with Gasteiger partial charge in [0.2, 0.25) is 0 Å². The first-order valence-electron chi connectivity index (χ1n) is 4.39. The lowest BCUT2D eigenvalue weighted by Crippen LogP contribution is -2.14. The van der Waals surface area contributed by atoms with E-state index in [-0.39, 0.29) is 10.6 Å². The summed E-state index contributed by atoms with van der Waals surface area (Å²) in [5.74, 6) is -0.663. The molecular formula is C10H11ClO3S. The van der Waals surface area contributed by atoms with Crippen molar-refractivity contribution in [2.45, 2.75) is 11.8 Å². The minimum atomic E-state index is -3.38. The molecule has 15 heavy (non-hydrogen) atoms. The molecule has 1 rings (SSSR count). The van der Waals surface area contributed by atoms with Gasteiger partial charge in [0.15, 0.2) is 9.84 Å². The molecule has 3 nitrogen and oxygen atoms in total. The number of benzene rings is 1. The van der Waals surface area contributed by atoms with Crippen LogP contribution in [0.1, 0.15) is 6.92 Å². The summed E-state index contributed by atoms with van der Waals surface area (Å²) < 4.78 is 23.4. The van der Waals surface area contributed by atoms with Gasteiger partial charge in [0, 0.05) is 10.9 Å². The number of aldehydes is 1. The topological polar surface area (TPSA) is 51.2 Å². The van der Waals surface area contributed by atoms with E-state index in [4.69, 9.17) is 11.6 Å². The maximum absolute atomic E-state index is 11.7. The molecule has 1 unspecified atom stereocenters. The van der Waals surface area contributed by atoms with Crippen LogP contribution in [0.2, 0.25) is 5.02 Å². The van der Waals surface area contributed by atoms with Gasteiger partial charge in [-0.15, -0.1) is 0 Å². The number of sulfone groups is 1. The SMILES string of the molecule is CC(C=O)CS(=O)(=O)c1ccc(Cl)cc1. The summed E-state index contributed by atoms with van der Waals surface area (Å²) in [6, 6.07) is 5.91. The summed E-state index contributed by atoms with van der Waals surface area (Å²) in [4.78, 5) is 10.6. The van der Waals surface area contributed by atoms with Crippen LogP contribution in [-0.2, 0) is 14.6 Å². The zero-order chi connectivity index (χ0) is 11.5. The van der Waals surface area contributed by atoms with Crippen molar-refractivity contribution in [3.8, 4) is 0 Å². The van der Waals surface area contributed by atoms with Crippen molar-refractivity contribution in [1.82, 2.24) is 0 Å². The Balaban J connectivity index is 2.96. The third-order valence-corrected chi connectivity index (χ3v) is 4.09. The van der Waals surface area contributed by atoms with Gasteiger partial charge in [-0.2, -0.15) is 0 Å². The number of carbonyl (C=O) groups is 1. The average Bonchev–Trinajstić information content (AvgIpc) is 2.17. The molecule has 1 aromatic carbocycles.